The molecule has 0 saturated carbocycles. The molecule has 0 radical (unpaired) electrons. The first-order valence-corrected chi connectivity index (χ1v) is 8.25. The second kappa shape index (κ2) is 6.02. The van der Waals surface area contributed by atoms with Crippen LogP contribution >= 0.6 is 0 Å². The van der Waals surface area contributed by atoms with Crippen molar-refractivity contribution in [3.05, 3.63) is 83.1 Å². The van der Waals surface area contributed by atoms with Crippen LogP contribution in [0.15, 0.2) is 65.1 Å². The molecule has 0 fully saturated rings. The van der Waals surface area contributed by atoms with E-state index in [1.54, 1.807) is 24.3 Å². The molecule has 2 aliphatic rings. The molecule has 0 bridgehead atoms. The Morgan fingerprint density at radius 2 is 1.80 bits per heavy atom. The lowest BCUT2D eigenvalue weighted by molar-refractivity contribution is 0.101. The highest BCUT2D eigenvalue weighted by Crippen LogP contribution is 2.34. The lowest BCUT2D eigenvalue weighted by atomic mass is 10.0. The maximum Gasteiger partial charge on any atom is 0.228 e. The van der Waals surface area contributed by atoms with E-state index in [-0.39, 0.29) is 5.78 Å². The van der Waals surface area contributed by atoms with E-state index in [1.165, 1.54) is 0 Å². The fraction of sp³-hybridized carbons (Fsp3) is 0.0909. The largest absolute Gasteiger partial charge is 0.453 e. The predicted octanol–water partition coefficient (Wildman–Crippen LogP) is 5.14. The Kier molecular flexibility index (Phi) is 3.69. The number of hydrogen-bond acceptors (Lipinski definition) is 3. The molecule has 0 unspecified atom stereocenters. The van der Waals surface area contributed by atoms with Gasteiger partial charge in [-0.2, -0.15) is 0 Å². The van der Waals surface area contributed by atoms with E-state index in [1.807, 2.05) is 36.4 Å². The Morgan fingerprint density at radius 1 is 1.00 bits per heavy atom. The highest BCUT2D eigenvalue weighted by Gasteiger charge is 2.22. The summed E-state index contributed by atoms with van der Waals surface area (Å²) in [5.41, 5.74) is 4.99. The van der Waals surface area contributed by atoms with Crippen molar-refractivity contribution in [2.45, 2.75) is 13.3 Å². The Labute approximate surface area is 145 Å². The minimum Gasteiger partial charge on any atom is -0.453 e. The summed E-state index contributed by atoms with van der Waals surface area (Å²) in [6.07, 6.45) is 1.64. The van der Waals surface area contributed by atoms with Gasteiger partial charge in [-0.1, -0.05) is 37.3 Å². The number of furan rings is 1. The zero-order valence-electron chi connectivity index (χ0n) is 13.8. The summed E-state index contributed by atoms with van der Waals surface area (Å²) in [4.78, 5) is 24.0. The monoisotopic (exact) mass is 328 g/mol. The quantitative estimate of drug-likeness (QED) is 0.385. The standard InChI is InChI=1S/C22H16O3/c1-2-15-11-19(18-7-5-3-4-6-17(15)18)22(24)21-12-16-10-14(13-23)8-9-20(16)25-21/h3-13H,2H2,1H3. The molecule has 0 N–H and O–H groups in total. The van der Waals surface area contributed by atoms with E-state index in [4.69, 9.17) is 4.42 Å². The first-order chi connectivity index (χ1) is 12.2. The Bertz CT molecular complexity index is 1070. The van der Waals surface area contributed by atoms with Crippen molar-refractivity contribution >= 4 is 23.0 Å². The van der Waals surface area contributed by atoms with Gasteiger partial charge in [-0.3, -0.25) is 9.59 Å². The van der Waals surface area contributed by atoms with E-state index in [2.05, 4.69) is 6.92 Å². The minimum atomic E-state index is -0.139. The summed E-state index contributed by atoms with van der Waals surface area (Å²) in [5.74, 6) is 0.152. The lowest BCUT2D eigenvalue weighted by Gasteiger charge is -1.99. The molecule has 3 nitrogen and oxygen atoms in total. The van der Waals surface area contributed by atoms with Crippen LogP contribution in [0, 0.1) is 0 Å². The van der Waals surface area contributed by atoms with E-state index in [0.29, 0.717) is 22.5 Å². The number of hydrogen-bond donors (Lipinski definition) is 0. The van der Waals surface area contributed by atoms with Crippen LogP contribution in [0.5, 0.6) is 0 Å². The van der Waals surface area contributed by atoms with Gasteiger partial charge in [-0.15, -0.1) is 0 Å². The van der Waals surface area contributed by atoms with Crippen LogP contribution < -0.4 is 0 Å². The second-order valence-electron chi connectivity index (χ2n) is 6.03. The van der Waals surface area contributed by atoms with Gasteiger partial charge in [0.15, 0.2) is 5.76 Å². The fourth-order valence-corrected chi connectivity index (χ4v) is 3.25. The molecule has 3 heteroatoms. The first-order valence-electron chi connectivity index (χ1n) is 8.25. The van der Waals surface area contributed by atoms with Crippen molar-refractivity contribution in [1.29, 1.82) is 0 Å². The summed E-state index contributed by atoms with van der Waals surface area (Å²) >= 11 is 0. The van der Waals surface area contributed by atoms with Gasteiger partial charge in [0.1, 0.15) is 11.9 Å². The molecule has 25 heavy (non-hydrogen) atoms. The average molecular weight is 328 g/mol. The van der Waals surface area contributed by atoms with E-state index in [9.17, 15) is 9.59 Å². The van der Waals surface area contributed by atoms with Crippen molar-refractivity contribution in [3.63, 3.8) is 0 Å². The van der Waals surface area contributed by atoms with Gasteiger partial charge < -0.3 is 4.42 Å². The molecule has 2 aliphatic carbocycles. The number of fused-ring (bicyclic) bond motifs is 2. The van der Waals surface area contributed by atoms with Crippen LogP contribution in [-0.2, 0) is 6.42 Å². The topological polar surface area (TPSA) is 47.3 Å². The van der Waals surface area contributed by atoms with Gasteiger partial charge in [0.2, 0.25) is 5.78 Å². The van der Waals surface area contributed by atoms with Crippen molar-refractivity contribution in [3.8, 4) is 11.1 Å². The van der Waals surface area contributed by atoms with Crippen molar-refractivity contribution in [1.82, 2.24) is 0 Å². The van der Waals surface area contributed by atoms with Crippen LogP contribution in [0.4, 0.5) is 0 Å². The van der Waals surface area contributed by atoms with Gasteiger partial charge >= 0.3 is 0 Å². The third-order valence-corrected chi connectivity index (χ3v) is 4.52. The fourth-order valence-electron chi connectivity index (χ4n) is 3.25. The molecule has 0 amide bonds. The zero-order valence-corrected chi connectivity index (χ0v) is 13.8. The van der Waals surface area contributed by atoms with Crippen LogP contribution in [0.1, 0.15) is 39.0 Å². The molecule has 4 rings (SSSR count). The SMILES string of the molecule is CCc1cc(C(=O)c2cc3cc(C=O)ccc3o2)c2cccccc1-2. The van der Waals surface area contributed by atoms with Crippen molar-refractivity contribution in [2.75, 3.05) is 0 Å². The summed E-state index contributed by atoms with van der Waals surface area (Å²) in [7, 11) is 0. The van der Waals surface area contributed by atoms with E-state index >= 15 is 0 Å². The van der Waals surface area contributed by atoms with Gasteiger partial charge in [-0.05, 0) is 53.4 Å². The van der Waals surface area contributed by atoms with Gasteiger partial charge in [0.25, 0.3) is 0 Å². The summed E-state index contributed by atoms with van der Waals surface area (Å²) in [5, 5.41) is 0.755. The van der Waals surface area contributed by atoms with Crippen molar-refractivity contribution in [2.24, 2.45) is 0 Å². The molecule has 1 aromatic heterocycles. The number of aryl methyl sites for hydroxylation is 1. The Morgan fingerprint density at radius 3 is 2.56 bits per heavy atom. The molecule has 122 valence electrons. The third kappa shape index (κ3) is 2.54. The predicted molar refractivity (Wildman–Crippen MR) is 97.5 cm³/mol. The minimum absolute atomic E-state index is 0.139. The van der Waals surface area contributed by atoms with E-state index in [0.717, 1.165) is 34.8 Å². The average Bonchev–Trinajstić information content (AvgIpc) is 3.13. The highest BCUT2D eigenvalue weighted by atomic mass is 16.3. The number of carbonyl (C=O) groups excluding carboxylic acids is 2. The Balaban J connectivity index is 1.84. The molecular formula is C22H16O3. The number of benzene rings is 1. The van der Waals surface area contributed by atoms with Crippen LogP contribution in [0.3, 0.4) is 0 Å². The normalized spacial score (nSPS) is 11.1. The van der Waals surface area contributed by atoms with Crippen LogP contribution in [0.25, 0.3) is 22.1 Å². The third-order valence-electron chi connectivity index (χ3n) is 4.52. The van der Waals surface area contributed by atoms with Gasteiger partial charge in [0, 0.05) is 16.5 Å². The van der Waals surface area contributed by atoms with Crippen molar-refractivity contribution < 1.29 is 14.0 Å². The van der Waals surface area contributed by atoms with Gasteiger partial charge in [0.05, 0.1) is 0 Å². The number of ketones is 1. The summed E-state index contributed by atoms with van der Waals surface area (Å²) in [6.45, 7) is 2.08. The maximum atomic E-state index is 13.1. The first kappa shape index (κ1) is 15.3. The molecule has 1 heterocycles. The molecule has 0 spiro atoms. The smallest absolute Gasteiger partial charge is 0.228 e. The molecule has 2 aromatic rings. The Hall–Kier alpha value is -3.20. The zero-order chi connectivity index (χ0) is 17.4. The molecule has 0 saturated heterocycles. The summed E-state index contributed by atoms with van der Waals surface area (Å²) in [6, 6.07) is 18.7. The number of aldehydes is 1. The molecule has 0 aliphatic heterocycles. The summed E-state index contributed by atoms with van der Waals surface area (Å²) < 4.78 is 5.73. The maximum absolute atomic E-state index is 13.1. The second-order valence-corrected chi connectivity index (χ2v) is 6.03. The highest BCUT2D eigenvalue weighted by molar-refractivity contribution is 6.14. The molecular weight excluding hydrogens is 312 g/mol. The molecule has 1 aromatic carbocycles. The van der Waals surface area contributed by atoms with Crippen LogP contribution in [0.2, 0.25) is 0 Å². The number of rotatable bonds is 4. The molecule has 0 atom stereocenters. The number of carbonyl (C=O) groups is 2. The van der Waals surface area contributed by atoms with E-state index < -0.39 is 0 Å². The van der Waals surface area contributed by atoms with Gasteiger partial charge in [-0.25, -0.2) is 0 Å². The lowest BCUT2D eigenvalue weighted by Crippen LogP contribution is -1.98. The van der Waals surface area contributed by atoms with Crippen LogP contribution in [-0.4, -0.2) is 12.1 Å².